The highest BCUT2D eigenvalue weighted by molar-refractivity contribution is 5.86. The Morgan fingerprint density at radius 3 is 2.35 bits per heavy atom. The number of hydrogen-bond acceptors (Lipinski definition) is 2. The quantitative estimate of drug-likeness (QED) is 0.850. The summed E-state index contributed by atoms with van der Waals surface area (Å²) in [4.78, 5) is 11.9. The van der Waals surface area contributed by atoms with E-state index in [2.05, 4.69) is 0 Å². The van der Waals surface area contributed by atoms with Crippen molar-refractivity contribution < 1.29 is 19.4 Å². The van der Waals surface area contributed by atoms with Crippen LogP contribution in [0, 0.1) is 0 Å². The predicted octanol–water partition coefficient (Wildman–Crippen LogP) is 2.28. The lowest BCUT2D eigenvalue weighted by Crippen LogP contribution is -2.44. The van der Waals surface area contributed by atoms with Gasteiger partial charge < -0.3 is 10.2 Å². The van der Waals surface area contributed by atoms with Crippen LogP contribution < -0.4 is 4.90 Å². The monoisotopic (exact) mass is 241 g/mol. The highest BCUT2D eigenvalue weighted by Crippen LogP contribution is 2.19. The van der Waals surface area contributed by atoms with Gasteiger partial charge in [0.15, 0.2) is 0 Å². The second-order valence-corrected chi connectivity index (χ2v) is 4.35. The molecule has 17 heavy (non-hydrogen) atoms. The second-order valence-electron chi connectivity index (χ2n) is 4.35. The Kier molecular flexibility index (Phi) is 4.07. The van der Waals surface area contributed by atoms with Crippen LogP contribution in [-0.2, 0) is 0 Å². The van der Waals surface area contributed by atoms with Crippen molar-refractivity contribution in [2.75, 3.05) is 11.4 Å². The lowest BCUT2D eigenvalue weighted by molar-refractivity contribution is 0.000878. The number of para-hydroxylation sites is 1. The van der Waals surface area contributed by atoms with Crippen LogP contribution in [0.3, 0.4) is 0 Å². The molecule has 1 amide bonds. The normalized spacial score (nSPS) is 13.2. The van der Waals surface area contributed by atoms with Gasteiger partial charge in [-0.2, -0.15) is 0 Å². The van der Waals surface area contributed by atoms with Crippen molar-refractivity contribution in [2.45, 2.75) is 25.6 Å². The fourth-order valence-corrected chi connectivity index (χ4v) is 1.29. The molecule has 0 aliphatic heterocycles. The number of anilines is 1. The van der Waals surface area contributed by atoms with Gasteiger partial charge in [0.1, 0.15) is 6.17 Å². The van der Waals surface area contributed by atoms with Gasteiger partial charge in [0.05, 0.1) is 12.1 Å². The van der Waals surface area contributed by atoms with Gasteiger partial charge in [-0.05, 0) is 26.0 Å². The lowest BCUT2D eigenvalue weighted by atomic mass is 10.0. The number of carboxylic acid groups (broad SMARTS) is 1. The molecule has 5 heteroatoms. The standard InChI is InChI=1S/C12H16FNO3/c1-12(2,17)10(13)8-14(11(15)16)9-6-4-3-5-7-9/h3-7,10,17H,8H2,1-2H3,(H,15,16). The number of carbonyl (C=O) groups is 1. The van der Waals surface area contributed by atoms with E-state index in [0.717, 1.165) is 4.90 Å². The summed E-state index contributed by atoms with van der Waals surface area (Å²) in [7, 11) is 0. The Labute approximate surface area is 99.3 Å². The maximum Gasteiger partial charge on any atom is 0.411 e. The molecule has 0 aromatic heterocycles. The van der Waals surface area contributed by atoms with Crippen molar-refractivity contribution >= 4 is 11.8 Å². The summed E-state index contributed by atoms with van der Waals surface area (Å²) >= 11 is 0. The summed E-state index contributed by atoms with van der Waals surface area (Å²) < 4.78 is 13.7. The van der Waals surface area contributed by atoms with E-state index in [1.807, 2.05) is 0 Å². The predicted molar refractivity (Wildman–Crippen MR) is 63.0 cm³/mol. The third-order valence-corrected chi connectivity index (χ3v) is 2.41. The smallest absolute Gasteiger partial charge is 0.411 e. The summed E-state index contributed by atoms with van der Waals surface area (Å²) in [5, 5.41) is 18.5. The average Bonchev–Trinajstić information content (AvgIpc) is 2.25. The molecule has 0 saturated carbocycles. The van der Waals surface area contributed by atoms with Crippen LogP contribution in [0.5, 0.6) is 0 Å². The Bertz CT molecular complexity index is 375. The lowest BCUT2D eigenvalue weighted by Gasteiger charge is -2.27. The van der Waals surface area contributed by atoms with E-state index in [9.17, 15) is 14.3 Å². The molecule has 0 radical (unpaired) electrons. The zero-order valence-electron chi connectivity index (χ0n) is 9.80. The Balaban J connectivity index is 2.86. The zero-order chi connectivity index (χ0) is 13.1. The Morgan fingerprint density at radius 2 is 1.94 bits per heavy atom. The number of aliphatic hydroxyl groups is 1. The van der Waals surface area contributed by atoms with Gasteiger partial charge in [-0.15, -0.1) is 0 Å². The van der Waals surface area contributed by atoms with Crippen molar-refractivity contribution in [3.8, 4) is 0 Å². The van der Waals surface area contributed by atoms with Gasteiger partial charge >= 0.3 is 6.09 Å². The minimum absolute atomic E-state index is 0.381. The van der Waals surface area contributed by atoms with E-state index in [1.54, 1.807) is 30.3 Å². The molecule has 1 aromatic carbocycles. The third kappa shape index (κ3) is 3.71. The van der Waals surface area contributed by atoms with E-state index in [-0.39, 0.29) is 0 Å². The fraction of sp³-hybridized carbons (Fsp3) is 0.417. The Morgan fingerprint density at radius 1 is 1.41 bits per heavy atom. The largest absolute Gasteiger partial charge is 0.465 e. The molecule has 94 valence electrons. The molecule has 2 N–H and O–H groups in total. The zero-order valence-corrected chi connectivity index (χ0v) is 9.80. The molecule has 0 fully saturated rings. The second kappa shape index (κ2) is 5.14. The summed E-state index contributed by atoms with van der Waals surface area (Å²) in [5.41, 5.74) is -1.19. The molecule has 0 heterocycles. The van der Waals surface area contributed by atoms with Crippen molar-refractivity contribution in [3.05, 3.63) is 30.3 Å². The molecule has 1 aromatic rings. The number of halogens is 1. The number of nitrogens with zero attached hydrogens (tertiary/aromatic N) is 1. The fourth-order valence-electron chi connectivity index (χ4n) is 1.29. The summed E-state index contributed by atoms with van der Waals surface area (Å²) in [6, 6.07) is 8.23. The highest BCUT2D eigenvalue weighted by atomic mass is 19.1. The van der Waals surface area contributed by atoms with E-state index in [1.165, 1.54) is 13.8 Å². The number of benzene rings is 1. The highest BCUT2D eigenvalue weighted by Gasteiger charge is 2.30. The van der Waals surface area contributed by atoms with Gasteiger partial charge in [0, 0.05) is 5.69 Å². The van der Waals surface area contributed by atoms with Gasteiger partial charge in [-0.1, -0.05) is 18.2 Å². The first-order valence-electron chi connectivity index (χ1n) is 5.24. The van der Waals surface area contributed by atoms with E-state index >= 15 is 0 Å². The molecule has 1 unspecified atom stereocenters. The van der Waals surface area contributed by atoms with Crippen LogP contribution in [0.4, 0.5) is 14.9 Å². The van der Waals surface area contributed by atoms with Gasteiger partial charge in [0.2, 0.25) is 0 Å². The van der Waals surface area contributed by atoms with Gasteiger partial charge in [-0.25, -0.2) is 9.18 Å². The average molecular weight is 241 g/mol. The number of rotatable bonds is 4. The SMILES string of the molecule is CC(C)(O)C(F)CN(C(=O)O)c1ccccc1. The van der Waals surface area contributed by atoms with Gasteiger partial charge in [-0.3, -0.25) is 4.90 Å². The van der Waals surface area contributed by atoms with Crippen LogP contribution in [0.2, 0.25) is 0 Å². The Hall–Kier alpha value is -1.62. The molecule has 1 rings (SSSR count). The first kappa shape index (κ1) is 13.4. The van der Waals surface area contributed by atoms with Crippen LogP contribution in [-0.4, -0.2) is 34.6 Å². The number of amides is 1. The van der Waals surface area contributed by atoms with Crippen LogP contribution in [0.25, 0.3) is 0 Å². The first-order valence-corrected chi connectivity index (χ1v) is 5.24. The van der Waals surface area contributed by atoms with E-state index in [0.29, 0.717) is 5.69 Å². The maximum atomic E-state index is 13.7. The molecule has 0 aliphatic carbocycles. The van der Waals surface area contributed by atoms with Crippen LogP contribution >= 0.6 is 0 Å². The van der Waals surface area contributed by atoms with Crippen molar-refractivity contribution in [1.29, 1.82) is 0 Å². The third-order valence-electron chi connectivity index (χ3n) is 2.41. The molecule has 0 saturated heterocycles. The topological polar surface area (TPSA) is 60.8 Å². The van der Waals surface area contributed by atoms with Crippen molar-refractivity contribution in [2.24, 2.45) is 0 Å². The molecule has 0 aliphatic rings. The molecule has 0 spiro atoms. The van der Waals surface area contributed by atoms with Crippen LogP contribution in [0.15, 0.2) is 30.3 Å². The van der Waals surface area contributed by atoms with Crippen LogP contribution in [0.1, 0.15) is 13.8 Å². The number of alkyl halides is 1. The summed E-state index contributed by atoms with van der Waals surface area (Å²) in [5.74, 6) is 0. The summed E-state index contributed by atoms with van der Waals surface area (Å²) in [6.45, 7) is 2.22. The molecule has 0 bridgehead atoms. The minimum atomic E-state index is -1.65. The molecular formula is C12H16FNO3. The minimum Gasteiger partial charge on any atom is -0.465 e. The van der Waals surface area contributed by atoms with Crippen molar-refractivity contribution in [1.82, 2.24) is 0 Å². The maximum absolute atomic E-state index is 13.7. The summed E-state index contributed by atoms with van der Waals surface area (Å²) in [6.07, 6.45) is -2.90. The van der Waals surface area contributed by atoms with Gasteiger partial charge in [0.25, 0.3) is 0 Å². The molecule has 4 nitrogen and oxygen atoms in total. The van der Waals surface area contributed by atoms with Crippen molar-refractivity contribution in [3.63, 3.8) is 0 Å². The first-order chi connectivity index (χ1) is 7.82. The number of hydrogen-bond donors (Lipinski definition) is 2. The van der Waals surface area contributed by atoms with E-state index in [4.69, 9.17) is 5.11 Å². The van der Waals surface area contributed by atoms with E-state index < -0.39 is 24.4 Å². The molecular weight excluding hydrogens is 225 g/mol. The molecule has 1 atom stereocenters.